The monoisotopic (exact) mass is 503 g/mol. The Hall–Kier alpha value is -3.56. The zero-order chi connectivity index (χ0) is 24.4. The number of carboxylic acids is 1. The van der Waals surface area contributed by atoms with Crippen LogP contribution in [0.4, 0.5) is 0 Å². The van der Waals surface area contributed by atoms with Crippen LogP contribution in [-0.2, 0) is 20.8 Å². The highest BCUT2D eigenvalue weighted by Gasteiger charge is 2.54. The lowest BCUT2D eigenvalue weighted by Crippen LogP contribution is -2.70. The van der Waals surface area contributed by atoms with Crippen molar-refractivity contribution in [3.8, 4) is 11.3 Å². The standard InChI is InChI=1S/C26H21N3O4S2/c30-20(14-16-8-3-1-4-9-16)28-22-24(31)29-23(26(32)33)19(15-34-25(22)29)35-18-12-7-13-27-21(18)17-10-5-2-6-11-17/h1-13,22,25H,14-15H2,(H,28,30)(H,32,33)/t22-,25+/m1/s1. The molecule has 7 nitrogen and oxygen atoms in total. The number of β-lactam (4-membered cyclic amide) rings is 1. The van der Waals surface area contributed by atoms with Gasteiger partial charge >= 0.3 is 5.97 Å². The smallest absolute Gasteiger partial charge is 0.353 e. The van der Waals surface area contributed by atoms with E-state index in [1.807, 2.05) is 72.8 Å². The van der Waals surface area contributed by atoms with Crippen LogP contribution in [0.3, 0.4) is 0 Å². The van der Waals surface area contributed by atoms with Crippen molar-refractivity contribution in [2.45, 2.75) is 22.7 Å². The molecule has 35 heavy (non-hydrogen) atoms. The molecule has 2 aromatic carbocycles. The molecule has 1 fully saturated rings. The summed E-state index contributed by atoms with van der Waals surface area (Å²) in [5.41, 5.74) is 2.50. The minimum absolute atomic E-state index is 0.0276. The number of benzene rings is 2. The van der Waals surface area contributed by atoms with Crippen molar-refractivity contribution in [2.24, 2.45) is 0 Å². The van der Waals surface area contributed by atoms with Crippen LogP contribution in [0.5, 0.6) is 0 Å². The molecule has 176 valence electrons. The highest BCUT2D eigenvalue weighted by Crippen LogP contribution is 2.46. The summed E-state index contributed by atoms with van der Waals surface area (Å²) < 4.78 is 0. The van der Waals surface area contributed by atoms with Gasteiger partial charge in [0.1, 0.15) is 17.1 Å². The fourth-order valence-electron chi connectivity index (χ4n) is 4.09. The first kappa shape index (κ1) is 23.2. The number of carbonyl (C=O) groups is 3. The Kier molecular flexibility index (Phi) is 6.61. The molecule has 2 aliphatic rings. The van der Waals surface area contributed by atoms with Gasteiger partial charge in [0.2, 0.25) is 5.91 Å². The number of hydrogen-bond acceptors (Lipinski definition) is 6. The minimum Gasteiger partial charge on any atom is -0.477 e. The van der Waals surface area contributed by atoms with E-state index in [2.05, 4.69) is 10.3 Å². The fraction of sp³-hybridized carbons (Fsp3) is 0.154. The molecule has 2 amide bonds. The number of nitrogens with zero attached hydrogens (tertiary/aromatic N) is 2. The van der Waals surface area contributed by atoms with Crippen LogP contribution in [-0.4, -0.2) is 49.9 Å². The molecule has 0 bridgehead atoms. The van der Waals surface area contributed by atoms with Gasteiger partial charge in [-0.1, -0.05) is 72.4 Å². The first-order valence-electron chi connectivity index (χ1n) is 11.0. The SMILES string of the molecule is O=C(Cc1ccccc1)N[C@@H]1C(=O)N2C(C(=O)O)=C(Sc3cccnc3-c3ccccc3)CS[C@@H]12. The first-order valence-corrected chi connectivity index (χ1v) is 12.8. The lowest BCUT2D eigenvalue weighted by molar-refractivity contribution is -0.150. The molecule has 5 rings (SSSR count). The predicted molar refractivity (Wildman–Crippen MR) is 135 cm³/mol. The van der Waals surface area contributed by atoms with E-state index in [1.54, 1.807) is 6.20 Å². The summed E-state index contributed by atoms with van der Waals surface area (Å²) in [6, 6.07) is 21.9. The number of aromatic nitrogens is 1. The fourth-order valence-corrected chi connectivity index (χ4v) is 6.69. The third kappa shape index (κ3) is 4.69. The Labute approximate surface area is 210 Å². The summed E-state index contributed by atoms with van der Waals surface area (Å²) in [4.78, 5) is 44.9. The van der Waals surface area contributed by atoms with Crippen LogP contribution in [0.15, 0.2) is 94.5 Å². The molecule has 9 heteroatoms. The van der Waals surface area contributed by atoms with E-state index in [1.165, 1.54) is 28.4 Å². The number of pyridine rings is 1. The van der Waals surface area contributed by atoms with E-state index < -0.39 is 23.3 Å². The Morgan fingerprint density at radius 2 is 1.77 bits per heavy atom. The Bertz CT molecular complexity index is 1310. The Morgan fingerprint density at radius 1 is 1.06 bits per heavy atom. The minimum atomic E-state index is -1.16. The predicted octanol–water partition coefficient (Wildman–Crippen LogP) is 3.78. The molecule has 0 saturated carbocycles. The maximum atomic E-state index is 13.0. The third-order valence-electron chi connectivity index (χ3n) is 5.71. The van der Waals surface area contributed by atoms with E-state index in [0.29, 0.717) is 10.7 Å². The molecule has 0 aliphatic carbocycles. The highest BCUT2D eigenvalue weighted by atomic mass is 32.2. The number of hydrogen-bond donors (Lipinski definition) is 2. The van der Waals surface area contributed by atoms with Crippen LogP contribution in [0.1, 0.15) is 5.56 Å². The number of carboxylic acid groups (broad SMARTS) is 1. The highest BCUT2D eigenvalue weighted by molar-refractivity contribution is 8.06. The molecule has 3 aromatic rings. The van der Waals surface area contributed by atoms with Gasteiger partial charge in [0.05, 0.1) is 12.1 Å². The van der Waals surface area contributed by atoms with E-state index >= 15 is 0 Å². The molecule has 1 aromatic heterocycles. The third-order valence-corrected chi connectivity index (χ3v) is 8.31. The zero-order valence-corrected chi connectivity index (χ0v) is 20.1. The zero-order valence-electron chi connectivity index (χ0n) is 18.5. The van der Waals surface area contributed by atoms with Gasteiger partial charge in [-0.3, -0.25) is 19.5 Å². The average molecular weight is 504 g/mol. The van der Waals surface area contributed by atoms with Crippen molar-refractivity contribution in [1.29, 1.82) is 0 Å². The average Bonchev–Trinajstić information content (AvgIpc) is 2.88. The second kappa shape index (κ2) is 9.97. The van der Waals surface area contributed by atoms with Crippen molar-refractivity contribution >= 4 is 41.3 Å². The number of rotatable bonds is 7. The number of thioether (sulfide) groups is 2. The summed E-state index contributed by atoms with van der Waals surface area (Å²) in [5.74, 6) is -1.42. The van der Waals surface area contributed by atoms with Gasteiger partial charge in [-0.25, -0.2) is 4.79 Å². The summed E-state index contributed by atoms with van der Waals surface area (Å²) in [6.45, 7) is 0. The number of nitrogens with one attached hydrogen (secondary N) is 1. The van der Waals surface area contributed by atoms with Crippen molar-refractivity contribution in [3.63, 3.8) is 0 Å². The molecule has 2 N–H and O–H groups in total. The first-order chi connectivity index (χ1) is 17.0. The molecule has 0 radical (unpaired) electrons. The molecule has 0 spiro atoms. The van der Waals surface area contributed by atoms with Crippen LogP contribution in [0.25, 0.3) is 11.3 Å². The van der Waals surface area contributed by atoms with E-state index in [4.69, 9.17) is 0 Å². The topological polar surface area (TPSA) is 99.6 Å². The van der Waals surface area contributed by atoms with Gasteiger partial charge in [0.25, 0.3) is 5.91 Å². The van der Waals surface area contributed by atoms with Crippen LogP contribution < -0.4 is 5.32 Å². The molecule has 0 unspecified atom stereocenters. The Morgan fingerprint density at radius 3 is 2.49 bits per heavy atom. The van der Waals surface area contributed by atoms with Gasteiger partial charge in [0.15, 0.2) is 0 Å². The van der Waals surface area contributed by atoms with Crippen LogP contribution in [0.2, 0.25) is 0 Å². The maximum absolute atomic E-state index is 13.0. The maximum Gasteiger partial charge on any atom is 0.353 e. The van der Waals surface area contributed by atoms with E-state index in [0.717, 1.165) is 21.7 Å². The van der Waals surface area contributed by atoms with Crippen molar-refractivity contribution in [2.75, 3.05) is 5.75 Å². The normalized spacial score (nSPS) is 19.1. The molecule has 1 saturated heterocycles. The number of carbonyl (C=O) groups excluding carboxylic acids is 2. The summed E-state index contributed by atoms with van der Waals surface area (Å²) >= 11 is 2.77. The molecular weight excluding hydrogens is 482 g/mol. The van der Waals surface area contributed by atoms with Gasteiger partial charge in [-0.05, 0) is 17.7 Å². The molecular formula is C26H21N3O4S2. The van der Waals surface area contributed by atoms with E-state index in [9.17, 15) is 19.5 Å². The van der Waals surface area contributed by atoms with Gasteiger partial charge in [-0.15, -0.1) is 11.8 Å². The van der Waals surface area contributed by atoms with Gasteiger partial charge in [0, 0.05) is 27.3 Å². The van der Waals surface area contributed by atoms with Crippen molar-refractivity contribution in [1.82, 2.24) is 15.2 Å². The Balaban J connectivity index is 1.36. The molecule has 2 aliphatic heterocycles. The largest absolute Gasteiger partial charge is 0.477 e. The van der Waals surface area contributed by atoms with Crippen LogP contribution >= 0.6 is 23.5 Å². The lowest BCUT2D eigenvalue weighted by atomic mass is 10.0. The number of aliphatic carboxylic acids is 1. The summed E-state index contributed by atoms with van der Waals surface area (Å²) in [5, 5.41) is 12.3. The van der Waals surface area contributed by atoms with Gasteiger partial charge < -0.3 is 10.4 Å². The summed E-state index contributed by atoms with van der Waals surface area (Å²) in [7, 11) is 0. The second-order valence-electron chi connectivity index (χ2n) is 8.01. The number of amides is 2. The molecule has 3 heterocycles. The number of fused-ring (bicyclic) bond motifs is 1. The van der Waals surface area contributed by atoms with Crippen molar-refractivity contribution in [3.05, 3.63) is 95.2 Å². The van der Waals surface area contributed by atoms with Crippen molar-refractivity contribution < 1.29 is 19.5 Å². The van der Waals surface area contributed by atoms with E-state index in [-0.39, 0.29) is 18.0 Å². The summed E-state index contributed by atoms with van der Waals surface area (Å²) in [6.07, 6.45) is 1.86. The lowest BCUT2D eigenvalue weighted by Gasteiger charge is -2.49. The quantitative estimate of drug-likeness (QED) is 0.474. The molecule has 2 atom stereocenters. The van der Waals surface area contributed by atoms with Crippen LogP contribution in [0, 0.1) is 0 Å². The van der Waals surface area contributed by atoms with Gasteiger partial charge in [-0.2, -0.15) is 0 Å². The second-order valence-corrected chi connectivity index (χ2v) is 10.3.